The molecule has 3 rings (SSSR count). The van der Waals surface area contributed by atoms with Crippen molar-refractivity contribution in [2.45, 2.75) is 103 Å². The third-order valence-electron chi connectivity index (χ3n) is 7.46. The molecule has 2 aromatic carbocycles. The summed E-state index contributed by atoms with van der Waals surface area (Å²) in [6, 6.07) is 11.3. The van der Waals surface area contributed by atoms with Crippen LogP contribution in [0.1, 0.15) is 109 Å². The molecule has 3 heteroatoms. The van der Waals surface area contributed by atoms with Gasteiger partial charge in [0.25, 0.3) is 0 Å². The zero-order valence-electron chi connectivity index (χ0n) is 21.8. The van der Waals surface area contributed by atoms with Gasteiger partial charge in [-0.25, -0.2) is 4.39 Å². The third-order valence-corrected chi connectivity index (χ3v) is 7.46. The fourth-order valence-electron chi connectivity index (χ4n) is 5.23. The van der Waals surface area contributed by atoms with E-state index >= 15 is 0 Å². The summed E-state index contributed by atoms with van der Waals surface area (Å²) in [6.45, 7) is 4.81. The van der Waals surface area contributed by atoms with Gasteiger partial charge in [0, 0.05) is 5.56 Å². The molecule has 1 aliphatic rings. The molecule has 1 aliphatic carbocycles. The van der Waals surface area contributed by atoms with Gasteiger partial charge in [-0.3, -0.25) is 0 Å². The molecule has 1 saturated carbocycles. The van der Waals surface area contributed by atoms with Crippen molar-refractivity contribution < 1.29 is 13.5 Å². The van der Waals surface area contributed by atoms with Crippen LogP contribution in [0, 0.1) is 17.6 Å². The summed E-state index contributed by atoms with van der Waals surface area (Å²) in [5, 5.41) is 0. The highest BCUT2D eigenvalue weighted by Crippen LogP contribution is 2.38. The Morgan fingerprint density at radius 3 is 2.14 bits per heavy atom. The minimum atomic E-state index is -0.884. The van der Waals surface area contributed by atoms with Gasteiger partial charge in [-0.15, -0.1) is 0 Å². The van der Waals surface area contributed by atoms with E-state index in [4.69, 9.17) is 4.74 Å². The van der Waals surface area contributed by atoms with Crippen LogP contribution < -0.4 is 4.74 Å². The fraction of sp³-hybridized carbons (Fsp3) is 0.562. The zero-order valence-corrected chi connectivity index (χ0v) is 21.8. The monoisotopic (exact) mass is 482 g/mol. The Morgan fingerprint density at radius 2 is 1.46 bits per heavy atom. The Labute approximate surface area is 212 Å². The highest BCUT2D eigenvalue weighted by atomic mass is 19.2. The van der Waals surface area contributed by atoms with Crippen molar-refractivity contribution in [2.24, 2.45) is 5.92 Å². The van der Waals surface area contributed by atoms with Gasteiger partial charge in [-0.05, 0) is 80.0 Å². The highest BCUT2D eigenvalue weighted by Gasteiger charge is 2.22. The largest absolute Gasteiger partial charge is 0.490 e. The van der Waals surface area contributed by atoms with Crippen LogP contribution in [0.5, 0.6) is 5.75 Å². The maximum absolute atomic E-state index is 14.9. The molecule has 0 radical (unpaired) electrons. The smallest absolute Gasteiger partial charge is 0.201 e. The van der Waals surface area contributed by atoms with E-state index < -0.39 is 11.6 Å². The summed E-state index contributed by atoms with van der Waals surface area (Å²) in [5.41, 5.74) is 2.32. The van der Waals surface area contributed by atoms with Gasteiger partial charge < -0.3 is 4.74 Å². The van der Waals surface area contributed by atoms with Crippen molar-refractivity contribution in [1.82, 2.24) is 0 Å². The lowest BCUT2D eigenvalue weighted by Crippen LogP contribution is -2.12. The van der Waals surface area contributed by atoms with Crippen LogP contribution >= 0.6 is 0 Å². The SMILES string of the molecule is CC/C=C\CC1CCC(c2ccc(-c3ccc(OCCCCCCCCC)c(F)c3F)cc2)CC1. The van der Waals surface area contributed by atoms with Gasteiger partial charge in [0.1, 0.15) is 0 Å². The number of halogens is 2. The van der Waals surface area contributed by atoms with Crippen LogP contribution in [0.25, 0.3) is 11.1 Å². The molecule has 192 valence electrons. The second-order valence-corrected chi connectivity index (χ2v) is 10.2. The standard InChI is InChI=1S/C32H44F2O/c1-3-5-7-8-9-10-12-24-35-30-23-22-29(31(33)32(30)34)28-20-18-27(19-21-28)26-16-14-25(15-17-26)13-11-6-4-2/h6,11,18-23,25-26H,3-5,7-10,12-17,24H2,1-2H3/b11-6-. The molecule has 0 heterocycles. The normalized spacial score (nSPS) is 18.3. The average molecular weight is 483 g/mol. The predicted molar refractivity (Wildman–Crippen MR) is 144 cm³/mol. The van der Waals surface area contributed by atoms with E-state index in [1.807, 2.05) is 12.1 Å². The first-order chi connectivity index (χ1) is 17.1. The van der Waals surface area contributed by atoms with Crippen LogP contribution in [0.4, 0.5) is 8.78 Å². The zero-order chi connectivity index (χ0) is 24.9. The Kier molecular flexibility index (Phi) is 11.8. The van der Waals surface area contributed by atoms with Gasteiger partial charge >= 0.3 is 0 Å². The number of hydrogen-bond donors (Lipinski definition) is 0. The van der Waals surface area contributed by atoms with Crippen LogP contribution in [0.3, 0.4) is 0 Å². The molecule has 0 amide bonds. The highest BCUT2D eigenvalue weighted by molar-refractivity contribution is 5.65. The molecule has 0 N–H and O–H groups in total. The topological polar surface area (TPSA) is 9.23 Å². The average Bonchev–Trinajstić information content (AvgIpc) is 2.89. The summed E-state index contributed by atoms with van der Waals surface area (Å²) < 4.78 is 35.1. The van der Waals surface area contributed by atoms with E-state index in [0.717, 1.165) is 25.2 Å². The first-order valence-corrected chi connectivity index (χ1v) is 14.0. The van der Waals surface area contributed by atoms with E-state index in [2.05, 4.69) is 38.1 Å². The van der Waals surface area contributed by atoms with Crippen LogP contribution in [0.2, 0.25) is 0 Å². The number of ether oxygens (including phenoxy) is 1. The molecule has 0 unspecified atom stereocenters. The van der Waals surface area contributed by atoms with Gasteiger partial charge in [0.15, 0.2) is 11.6 Å². The molecular formula is C32H44F2O. The van der Waals surface area contributed by atoms with Crippen LogP contribution in [-0.2, 0) is 0 Å². The number of rotatable bonds is 14. The summed E-state index contributed by atoms with van der Waals surface area (Å²) >= 11 is 0. The van der Waals surface area contributed by atoms with Crippen LogP contribution in [0.15, 0.2) is 48.6 Å². The predicted octanol–water partition coefficient (Wildman–Crippen LogP) is 10.4. The molecule has 0 spiro atoms. The van der Waals surface area contributed by atoms with Crippen LogP contribution in [-0.4, -0.2) is 6.61 Å². The van der Waals surface area contributed by atoms with Crippen molar-refractivity contribution in [2.75, 3.05) is 6.61 Å². The molecule has 0 saturated heterocycles. The van der Waals surface area contributed by atoms with Crippen molar-refractivity contribution in [3.63, 3.8) is 0 Å². The lowest BCUT2D eigenvalue weighted by atomic mass is 9.77. The molecule has 35 heavy (non-hydrogen) atoms. The van der Waals surface area contributed by atoms with Crippen molar-refractivity contribution in [1.29, 1.82) is 0 Å². The van der Waals surface area contributed by atoms with E-state index in [-0.39, 0.29) is 5.75 Å². The molecule has 2 aromatic rings. The second kappa shape index (κ2) is 15.1. The fourth-order valence-corrected chi connectivity index (χ4v) is 5.23. The van der Waals surface area contributed by atoms with E-state index in [0.29, 0.717) is 23.7 Å². The number of hydrogen-bond acceptors (Lipinski definition) is 1. The van der Waals surface area contributed by atoms with Gasteiger partial charge in [0.2, 0.25) is 5.82 Å². The lowest BCUT2D eigenvalue weighted by molar-refractivity contribution is 0.285. The molecule has 1 fully saturated rings. The number of benzene rings is 2. The van der Waals surface area contributed by atoms with Crippen molar-refractivity contribution >= 4 is 0 Å². The van der Waals surface area contributed by atoms with Gasteiger partial charge in [-0.2, -0.15) is 4.39 Å². The van der Waals surface area contributed by atoms with Crippen molar-refractivity contribution in [3.05, 3.63) is 65.7 Å². The maximum atomic E-state index is 14.9. The quantitative estimate of drug-likeness (QED) is 0.192. The third kappa shape index (κ3) is 8.47. The lowest BCUT2D eigenvalue weighted by Gasteiger charge is -2.28. The molecule has 0 aliphatic heterocycles. The Hall–Kier alpha value is -2.16. The van der Waals surface area contributed by atoms with Gasteiger partial charge in [0.05, 0.1) is 6.61 Å². The molecule has 1 nitrogen and oxygen atoms in total. The van der Waals surface area contributed by atoms with Crippen molar-refractivity contribution in [3.8, 4) is 16.9 Å². The second-order valence-electron chi connectivity index (χ2n) is 10.2. The molecular weight excluding hydrogens is 438 g/mol. The maximum Gasteiger partial charge on any atom is 0.201 e. The Bertz CT molecular complexity index is 895. The summed E-state index contributed by atoms with van der Waals surface area (Å²) in [4.78, 5) is 0. The minimum absolute atomic E-state index is 0.0133. The summed E-state index contributed by atoms with van der Waals surface area (Å²) in [7, 11) is 0. The number of allylic oxidation sites excluding steroid dienone is 2. The molecule has 0 aromatic heterocycles. The van der Waals surface area contributed by atoms with E-state index in [1.54, 1.807) is 12.1 Å². The Morgan fingerprint density at radius 1 is 0.771 bits per heavy atom. The van der Waals surface area contributed by atoms with Gasteiger partial charge in [-0.1, -0.05) is 88.8 Å². The first kappa shape index (κ1) is 27.4. The van der Waals surface area contributed by atoms with E-state index in [1.165, 1.54) is 69.8 Å². The molecule has 0 bridgehead atoms. The first-order valence-electron chi connectivity index (χ1n) is 14.0. The minimum Gasteiger partial charge on any atom is -0.490 e. The molecule has 0 atom stereocenters. The number of unbranched alkanes of at least 4 members (excludes halogenated alkanes) is 6. The summed E-state index contributed by atoms with van der Waals surface area (Å²) in [6.07, 6.45) is 20.0. The Balaban J connectivity index is 1.50. The summed E-state index contributed by atoms with van der Waals surface area (Å²) in [5.74, 6) is -0.323. The van der Waals surface area contributed by atoms with E-state index in [9.17, 15) is 8.78 Å².